The van der Waals surface area contributed by atoms with E-state index in [1.54, 1.807) is 0 Å². The van der Waals surface area contributed by atoms with Crippen LogP contribution in [0.4, 0.5) is 0 Å². The summed E-state index contributed by atoms with van der Waals surface area (Å²) in [6.07, 6.45) is 1.93. The Kier molecular flexibility index (Phi) is 2.67. The van der Waals surface area contributed by atoms with Gasteiger partial charge in [0.05, 0.1) is 0 Å². The lowest BCUT2D eigenvalue weighted by Crippen LogP contribution is -2.44. The smallest absolute Gasteiger partial charge is 0.128 e. The van der Waals surface area contributed by atoms with Crippen LogP contribution < -0.4 is 0 Å². The number of hydrogen-bond donors (Lipinski definition) is 2. The molecule has 106 valence electrons. The van der Waals surface area contributed by atoms with E-state index >= 15 is 0 Å². The summed E-state index contributed by atoms with van der Waals surface area (Å²) in [5.41, 5.74) is 3.26. The van der Waals surface area contributed by atoms with Crippen molar-refractivity contribution >= 4 is 10.9 Å². The minimum absolute atomic E-state index is 0.607. The van der Waals surface area contributed by atoms with Gasteiger partial charge < -0.3 is 10.1 Å². The van der Waals surface area contributed by atoms with Crippen LogP contribution in [0.1, 0.15) is 16.7 Å². The van der Waals surface area contributed by atoms with Crippen molar-refractivity contribution in [2.45, 2.75) is 12.1 Å². The fourth-order valence-corrected chi connectivity index (χ4v) is 3.44. The van der Waals surface area contributed by atoms with Crippen LogP contribution in [0.25, 0.3) is 10.9 Å². The number of nitrogens with zero attached hydrogens (tertiary/aromatic N) is 1. The zero-order chi connectivity index (χ0) is 14.4. The summed E-state index contributed by atoms with van der Waals surface area (Å²) in [5.74, 6) is 0. The fourth-order valence-electron chi connectivity index (χ4n) is 3.44. The molecule has 1 unspecified atom stereocenters. The highest BCUT2D eigenvalue weighted by atomic mass is 16.3. The minimum Gasteiger partial charge on any atom is -0.379 e. The average molecular weight is 278 g/mol. The summed E-state index contributed by atoms with van der Waals surface area (Å²) in [5, 5.41) is 12.6. The molecule has 1 atom stereocenters. The summed E-state index contributed by atoms with van der Waals surface area (Å²) in [7, 11) is 2.05. The van der Waals surface area contributed by atoms with Crippen molar-refractivity contribution in [3.63, 3.8) is 0 Å². The molecule has 4 rings (SSSR count). The molecule has 3 aromatic rings. The molecule has 2 aromatic carbocycles. The maximum Gasteiger partial charge on any atom is 0.128 e. The SMILES string of the molecule is CN1Cc2ccccc2C(O)(c2ccc3cc[nH]c3c2)C1. The number of likely N-dealkylation sites (N-methyl/N-ethyl adjacent to an activating group) is 1. The lowest BCUT2D eigenvalue weighted by atomic mass is 9.80. The number of β-amino-alcohol motifs (C(OH)–C–C–N with tert-alkyl or cyclic N) is 1. The third-order valence-electron chi connectivity index (χ3n) is 4.43. The molecule has 2 heterocycles. The van der Waals surface area contributed by atoms with Gasteiger partial charge in [-0.3, -0.25) is 4.90 Å². The van der Waals surface area contributed by atoms with Crippen LogP contribution in [-0.2, 0) is 12.1 Å². The first-order valence-electron chi connectivity index (χ1n) is 7.24. The Bertz CT molecular complexity index is 808. The van der Waals surface area contributed by atoms with E-state index in [4.69, 9.17) is 0 Å². The van der Waals surface area contributed by atoms with Crippen LogP contribution in [0, 0.1) is 0 Å². The van der Waals surface area contributed by atoms with Crippen LogP contribution in [0.15, 0.2) is 54.7 Å². The average Bonchev–Trinajstić information content (AvgIpc) is 2.94. The highest BCUT2D eigenvalue weighted by molar-refractivity contribution is 5.80. The largest absolute Gasteiger partial charge is 0.379 e. The summed E-state index contributed by atoms with van der Waals surface area (Å²) in [4.78, 5) is 5.39. The second kappa shape index (κ2) is 4.45. The molecule has 1 aliphatic heterocycles. The fraction of sp³-hybridized carbons (Fsp3) is 0.222. The van der Waals surface area contributed by atoms with Crippen LogP contribution in [-0.4, -0.2) is 28.6 Å². The summed E-state index contributed by atoms with van der Waals surface area (Å²) in [6, 6.07) is 16.4. The first-order chi connectivity index (χ1) is 10.2. The zero-order valence-electron chi connectivity index (χ0n) is 12.0. The summed E-state index contributed by atoms with van der Waals surface area (Å²) < 4.78 is 0. The van der Waals surface area contributed by atoms with Gasteiger partial charge >= 0.3 is 0 Å². The maximum atomic E-state index is 11.4. The predicted molar refractivity (Wildman–Crippen MR) is 84.1 cm³/mol. The Morgan fingerprint density at radius 3 is 2.90 bits per heavy atom. The van der Waals surface area contributed by atoms with Gasteiger partial charge in [-0.2, -0.15) is 0 Å². The number of nitrogens with one attached hydrogen (secondary N) is 1. The van der Waals surface area contributed by atoms with Crippen LogP contribution >= 0.6 is 0 Å². The van der Waals surface area contributed by atoms with Crippen LogP contribution in [0.3, 0.4) is 0 Å². The number of fused-ring (bicyclic) bond motifs is 2. The Morgan fingerprint density at radius 1 is 1.14 bits per heavy atom. The number of aromatic nitrogens is 1. The van der Waals surface area contributed by atoms with Gasteiger partial charge in [0.1, 0.15) is 5.60 Å². The third kappa shape index (κ3) is 1.89. The van der Waals surface area contributed by atoms with E-state index in [-0.39, 0.29) is 0 Å². The number of H-pyrrole nitrogens is 1. The maximum absolute atomic E-state index is 11.4. The molecule has 1 aliphatic rings. The molecule has 0 radical (unpaired) electrons. The van der Waals surface area contributed by atoms with Crippen molar-refractivity contribution in [1.29, 1.82) is 0 Å². The standard InChI is InChI=1S/C18H18N2O/c1-20-11-14-4-2-3-5-16(14)18(21,12-20)15-7-6-13-8-9-19-17(13)10-15/h2-10,19,21H,11-12H2,1H3. The van der Waals surface area contributed by atoms with Gasteiger partial charge in [0, 0.05) is 24.8 Å². The molecular formula is C18H18N2O. The van der Waals surface area contributed by atoms with Crippen molar-refractivity contribution < 1.29 is 5.11 Å². The van der Waals surface area contributed by atoms with Gasteiger partial charge in [-0.05, 0) is 41.3 Å². The molecule has 21 heavy (non-hydrogen) atoms. The van der Waals surface area contributed by atoms with E-state index in [9.17, 15) is 5.11 Å². The molecule has 0 saturated heterocycles. The molecule has 3 heteroatoms. The van der Waals surface area contributed by atoms with Gasteiger partial charge in [0.2, 0.25) is 0 Å². The second-order valence-electron chi connectivity index (χ2n) is 5.97. The Morgan fingerprint density at radius 2 is 2.00 bits per heavy atom. The molecule has 0 bridgehead atoms. The first-order valence-corrected chi connectivity index (χ1v) is 7.24. The molecule has 0 amide bonds. The van der Waals surface area contributed by atoms with Crippen LogP contribution in [0.5, 0.6) is 0 Å². The first kappa shape index (κ1) is 12.6. The highest BCUT2D eigenvalue weighted by Gasteiger charge is 2.38. The third-order valence-corrected chi connectivity index (χ3v) is 4.43. The number of aromatic amines is 1. The summed E-state index contributed by atoms with van der Waals surface area (Å²) >= 11 is 0. The topological polar surface area (TPSA) is 39.3 Å². The molecule has 0 saturated carbocycles. The molecule has 0 aliphatic carbocycles. The van der Waals surface area contributed by atoms with Gasteiger partial charge in [-0.15, -0.1) is 0 Å². The van der Waals surface area contributed by atoms with E-state index in [2.05, 4.69) is 28.1 Å². The van der Waals surface area contributed by atoms with Crippen molar-refractivity contribution in [3.05, 3.63) is 71.4 Å². The van der Waals surface area contributed by atoms with E-state index in [0.717, 1.165) is 23.2 Å². The van der Waals surface area contributed by atoms with E-state index in [1.807, 2.05) is 43.6 Å². The lowest BCUT2D eigenvalue weighted by Gasteiger charge is -2.39. The molecule has 2 N–H and O–H groups in total. The Balaban J connectivity index is 1.92. The molecular weight excluding hydrogens is 260 g/mol. The molecule has 0 spiro atoms. The second-order valence-corrected chi connectivity index (χ2v) is 5.97. The van der Waals surface area contributed by atoms with Crippen molar-refractivity contribution in [1.82, 2.24) is 9.88 Å². The Hall–Kier alpha value is -2.10. The Labute approximate surface area is 123 Å². The van der Waals surface area contributed by atoms with E-state index < -0.39 is 5.60 Å². The normalized spacial score (nSPS) is 22.4. The summed E-state index contributed by atoms with van der Waals surface area (Å²) in [6.45, 7) is 1.49. The lowest BCUT2D eigenvalue weighted by molar-refractivity contribution is 0.0284. The highest BCUT2D eigenvalue weighted by Crippen LogP contribution is 2.37. The molecule has 3 nitrogen and oxygen atoms in total. The number of aliphatic hydroxyl groups is 1. The van der Waals surface area contributed by atoms with Gasteiger partial charge in [0.15, 0.2) is 0 Å². The van der Waals surface area contributed by atoms with Gasteiger partial charge in [0.25, 0.3) is 0 Å². The van der Waals surface area contributed by atoms with Gasteiger partial charge in [-0.25, -0.2) is 0 Å². The minimum atomic E-state index is -0.955. The van der Waals surface area contributed by atoms with Crippen molar-refractivity contribution in [2.75, 3.05) is 13.6 Å². The van der Waals surface area contributed by atoms with Crippen molar-refractivity contribution in [3.8, 4) is 0 Å². The molecule has 0 fully saturated rings. The number of hydrogen-bond acceptors (Lipinski definition) is 2. The quantitative estimate of drug-likeness (QED) is 0.718. The monoisotopic (exact) mass is 278 g/mol. The predicted octanol–water partition coefficient (Wildman–Crippen LogP) is 2.85. The van der Waals surface area contributed by atoms with E-state index in [0.29, 0.717) is 6.54 Å². The van der Waals surface area contributed by atoms with Gasteiger partial charge in [-0.1, -0.05) is 36.4 Å². The number of benzene rings is 2. The van der Waals surface area contributed by atoms with Crippen molar-refractivity contribution in [2.24, 2.45) is 0 Å². The molecule has 1 aromatic heterocycles. The number of rotatable bonds is 1. The van der Waals surface area contributed by atoms with E-state index in [1.165, 1.54) is 10.9 Å². The zero-order valence-corrected chi connectivity index (χ0v) is 12.0. The van der Waals surface area contributed by atoms with Crippen LogP contribution in [0.2, 0.25) is 0 Å².